The summed E-state index contributed by atoms with van der Waals surface area (Å²) in [4.78, 5) is 34.9. The molecule has 2 N–H and O–H groups in total. The van der Waals surface area contributed by atoms with Crippen LogP contribution >= 0.6 is 0 Å². The molecule has 1 amide bonds. The van der Waals surface area contributed by atoms with Crippen LogP contribution in [-0.4, -0.2) is 32.9 Å². The fraction of sp³-hybridized carbons (Fsp3) is 0.167. The molecule has 1 rings (SSSR count). The van der Waals surface area contributed by atoms with Gasteiger partial charge in [-0.25, -0.2) is 4.98 Å². The van der Waals surface area contributed by atoms with Crippen molar-refractivity contribution in [2.75, 3.05) is 0 Å². The standard InChI is InChI=1S/C6H6N4O3/c7-5(13)6-8-3-10(9-6)4(12)1-2-11/h2-3H,1H2,(H2,7,13). The molecule has 0 spiro atoms. The van der Waals surface area contributed by atoms with Gasteiger partial charge < -0.3 is 10.5 Å². The van der Waals surface area contributed by atoms with Crippen molar-refractivity contribution in [3.8, 4) is 0 Å². The van der Waals surface area contributed by atoms with Gasteiger partial charge in [-0.2, -0.15) is 4.68 Å². The molecule has 0 saturated carbocycles. The largest absolute Gasteiger partial charge is 0.363 e. The quantitative estimate of drug-likeness (QED) is 0.457. The summed E-state index contributed by atoms with van der Waals surface area (Å²) in [5, 5.41) is 3.45. The van der Waals surface area contributed by atoms with E-state index >= 15 is 0 Å². The highest BCUT2D eigenvalue weighted by Gasteiger charge is 2.10. The number of primary amides is 1. The molecule has 0 bridgehead atoms. The molecule has 0 saturated heterocycles. The number of aromatic nitrogens is 3. The average molecular weight is 182 g/mol. The molecule has 13 heavy (non-hydrogen) atoms. The van der Waals surface area contributed by atoms with Gasteiger partial charge in [0.2, 0.25) is 5.82 Å². The summed E-state index contributed by atoms with van der Waals surface area (Å²) in [5.74, 6) is -1.63. The zero-order valence-electron chi connectivity index (χ0n) is 6.51. The van der Waals surface area contributed by atoms with E-state index in [0.717, 1.165) is 11.0 Å². The molecule has 0 aliphatic rings. The summed E-state index contributed by atoms with van der Waals surface area (Å²) in [7, 11) is 0. The Bertz CT molecular complexity index is 357. The number of hydrogen-bond donors (Lipinski definition) is 1. The lowest BCUT2D eigenvalue weighted by atomic mass is 10.4. The Hall–Kier alpha value is -2.05. The van der Waals surface area contributed by atoms with Crippen LogP contribution in [0.4, 0.5) is 0 Å². The van der Waals surface area contributed by atoms with Gasteiger partial charge in [0.15, 0.2) is 0 Å². The third-order valence-electron chi connectivity index (χ3n) is 1.23. The van der Waals surface area contributed by atoms with E-state index in [1.54, 1.807) is 0 Å². The Labute approximate surface area is 72.5 Å². The van der Waals surface area contributed by atoms with Gasteiger partial charge in [-0.15, -0.1) is 5.10 Å². The second kappa shape index (κ2) is 3.57. The first kappa shape index (κ1) is 9.04. The van der Waals surface area contributed by atoms with Crippen molar-refractivity contribution < 1.29 is 14.4 Å². The molecular formula is C6H6N4O3. The number of nitrogens with zero attached hydrogens (tertiary/aromatic N) is 3. The number of rotatable bonds is 3. The van der Waals surface area contributed by atoms with Gasteiger partial charge in [0.05, 0.1) is 6.42 Å². The number of amides is 1. The van der Waals surface area contributed by atoms with Crippen molar-refractivity contribution in [3.05, 3.63) is 12.2 Å². The zero-order valence-corrected chi connectivity index (χ0v) is 6.51. The summed E-state index contributed by atoms with van der Waals surface area (Å²) < 4.78 is 0.800. The van der Waals surface area contributed by atoms with E-state index in [1.165, 1.54) is 0 Å². The zero-order chi connectivity index (χ0) is 9.84. The molecule has 0 radical (unpaired) electrons. The monoisotopic (exact) mass is 182 g/mol. The summed E-state index contributed by atoms with van der Waals surface area (Å²) in [6, 6.07) is 0. The Morgan fingerprint density at radius 1 is 1.62 bits per heavy atom. The minimum Gasteiger partial charge on any atom is -0.363 e. The van der Waals surface area contributed by atoms with Crippen molar-refractivity contribution in [2.45, 2.75) is 6.42 Å². The summed E-state index contributed by atoms with van der Waals surface area (Å²) in [6.07, 6.45) is 1.17. The van der Waals surface area contributed by atoms with E-state index in [-0.39, 0.29) is 12.2 Å². The van der Waals surface area contributed by atoms with Gasteiger partial charge in [-0.3, -0.25) is 9.59 Å². The molecule has 1 aromatic rings. The van der Waals surface area contributed by atoms with Crippen LogP contribution in [0.15, 0.2) is 6.33 Å². The molecular weight excluding hydrogens is 176 g/mol. The summed E-state index contributed by atoms with van der Waals surface area (Å²) >= 11 is 0. The molecule has 0 atom stereocenters. The molecule has 7 nitrogen and oxygen atoms in total. The lowest BCUT2D eigenvalue weighted by Gasteiger charge is -1.91. The Kier molecular flexibility index (Phi) is 2.48. The fourth-order valence-electron chi connectivity index (χ4n) is 0.661. The van der Waals surface area contributed by atoms with Crippen LogP contribution in [0.2, 0.25) is 0 Å². The third kappa shape index (κ3) is 1.95. The molecule has 0 aromatic carbocycles. The SMILES string of the molecule is NC(=O)c1ncn(C(=O)CC=O)n1. The first-order chi connectivity index (χ1) is 6.15. The van der Waals surface area contributed by atoms with Gasteiger partial charge >= 0.3 is 0 Å². The lowest BCUT2D eigenvalue weighted by molar-refractivity contribution is -0.107. The van der Waals surface area contributed by atoms with Crippen LogP contribution in [0.5, 0.6) is 0 Å². The van der Waals surface area contributed by atoms with Crippen LogP contribution in [0.3, 0.4) is 0 Å². The Balaban J connectivity index is 2.85. The first-order valence-corrected chi connectivity index (χ1v) is 3.33. The van der Waals surface area contributed by atoms with E-state index in [4.69, 9.17) is 5.73 Å². The molecule has 0 aliphatic carbocycles. The van der Waals surface area contributed by atoms with Crippen molar-refractivity contribution in [1.82, 2.24) is 14.8 Å². The predicted molar refractivity (Wildman–Crippen MR) is 39.8 cm³/mol. The topological polar surface area (TPSA) is 108 Å². The van der Waals surface area contributed by atoms with Crippen LogP contribution < -0.4 is 5.73 Å². The number of carbonyl (C=O) groups is 3. The van der Waals surface area contributed by atoms with Crippen molar-refractivity contribution in [3.63, 3.8) is 0 Å². The van der Waals surface area contributed by atoms with E-state index in [9.17, 15) is 14.4 Å². The molecule has 68 valence electrons. The van der Waals surface area contributed by atoms with E-state index in [2.05, 4.69) is 10.1 Å². The molecule has 0 aliphatic heterocycles. The Morgan fingerprint density at radius 3 is 2.77 bits per heavy atom. The molecule has 1 heterocycles. The van der Waals surface area contributed by atoms with Gasteiger partial charge in [0.25, 0.3) is 11.8 Å². The van der Waals surface area contributed by atoms with Crippen LogP contribution in [0.1, 0.15) is 21.8 Å². The van der Waals surface area contributed by atoms with E-state index < -0.39 is 11.8 Å². The van der Waals surface area contributed by atoms with Crippen LogP contribution in [0, 0.1) is 0 Å². The second-order valence-electron chi connectivity index (χ2n) is 2.14. The molecule has 7 heteroatoms. The minimum atomic E-state index is -0.822. The number of aldehydes is 1. The lowest BCUT2D eigenvalue weighted by Crippen LogP contribution is -2.16. The highest BCUT2D eigenvalue weighted by atomic mass is 16.2. The third-order valence-corrected chi connectivity index (χ3v) is 1.23. The van der Waals surface area contributed by atoms with Gasteiger partial charge in [0, 0.05) is 0 Å². The van der Waals surface area contributed by atoms with E-state index in [0.29, 0.717) is 6.29 Å². The van der Waals surface area contributed by atoms with Crippen molar-refractivity contribution >= 4 is 18.1 Å². The smallest absolute Gasteiger partial charge is 0.288 e. The van der Waals surface area contributed by atoms with Crippen LogP contribution in [0.25, 0.3) is 0 Å². The highest BCUT2D eigenvalue weighted by molar-refractivity contribution is 5.91. The predicted octanol–water partition coefficient (Wildman–Crippen LogP) is -1.39. The summed E-state index contributed by atoms with van der Waals surface area (Å²) in [5.41, 5.74) is 4.84. The number of carbonyl (C=O) groups excluding carboxylic acids is 3. The first-order valence-electron chi connectivity index (χ1n) is 3.33. The fourth-order valence-corrected chi connectivity index (χ4v) is 0.661. The second-order valence-corrected chi connectivity index (χ2v) is 2.14. The van der Waals surface area contributed by atoms with Crippen molar-refractivity contribution in [2.24, 2.45) is 5.73 Å². The van der Waals surface area contributed by atoms with Gasteiger partial charge in [-0.1, -0.05) is 0 Å². The van der Waals surface area contributed by atoms with Crippen molar-refractivity contribution in [1.29, 1.82) is 0 Å². The molecule has 0 fully saturated rings. The minimum absolute atomic E-state index is 0.251. The van der Waals surface area contributed by atoms with Gasteiger partial charge in [0.1, 0.15) is 12.6 Å². The Morgan fingerprint density at radius 2 is 2.31 bits per heavy atom. The van der Waals surface area contributed by atoms with E-state index in [1.807, 2.05) is 0 Å². The number of nitrogens with two attached hydrogens (primary N) is 1. The maximum absolute atomic E-state index is 11.0. The normalized spacial score (nSPS) is 9.54. The summed E-state index contributed by atoms with van der Waals surface area (Å²) in [6.45, 7) is 0. The molecule has 0 unspecified atom stereocenters. The molecule has 1 aromatic heterocycles. The van der Waals surface area contributed by atoms with Crippen LogP contribution in [-0.2, 0) is 4.79 Å². The number of hydrogen-bond acceptors (Lipinski definition) is 5. The maximum Gasteiger partial charge on any atom is 0.288 e. The maximum atomic E-state index is 11.0. The van der Waals surface area contributed by atoms with Gasteiger partial charge in [-0.05, 0) is 0 Å². The highest BCUT2D eigenvalue weighted by Crippen LogP contribution is 1.90. The average Bonchev–Trinajstić information content (AvgIpc) is 2.52.